The van der Waals surface area contributed by atoms with Crippen molar-refractivity contribution in [3.8, 4) is 0 Å². The molecule has 0 atom stereocenters. The zero-order valence-electron chi connectivity index (χ0n) is 15.7. The van der Waals surface area contributed by atoms with Crippen molar-refractivity contribution in [2.75, 3.05) is 17.2 Å². The summed E-state index contributed by atoms with van der Waals surface area (Å²) in [4.78, 5) is 15.9. The van der Waals surface area contributed by atoms with Crippen molar-refractivity contribution in [3.05, 3.63) is 71.5 Å². The van der Waals surface area contributed by atoms with Gasteiger partial charge < -0.3 is 10.1 Å². The highest BCUT2D eigenvalue weighted by atomic mass is 32.1. The second kappa shape index (κ2) is 9.09. The van der Waals surface area contributed by atoms with Crippen LogP contribution in [0.25, 0.3) is 0 Å². The van der Waals surface area contributed by atoms with Crippen LogP contribution in [0.4, 0.5) is 11.6 Å². The van der Waals surface area contributed by atoms with Crippen LogP contribution in [-0.4, -0.2) is 32.5 Å². The van der Waals surface area contributed by atoms with Gasteiger partial charge >= 0.3 is 5.97 Å². The fraction of sp³-hybridized carbons (Fsp3) is 0.200. The molecule has 3 aromatic rings. The topological polar surface area (TPSA) is 81.1 Å². The van der Waals surface area contributed by atoms with Gasteiger partial charge in [-0.3, -0.25) is 5.32 Å². The lowest BCUT2D eigenvalue weighted by atomic mass is 10.1. The molecule has 1 heterocycles. The zero-order valence-corrected chi connectivity index (χ0v) is 16.5. The van der Waals surface area contributed by atoms with Crippen LogP contribution in [0, 0.1) is 6.92 Å². The molecule has 2 N–H and O–H groups in total. The molecule has 0 aliphatic rings. The second-order valence-corrected chi connectivity index (χ2v) is 6.54. The molecule has 2 aromatic carbocycles. The average molecular weight is 395 g/mol. The van der Waals surface area contributed by atoms with Gasteiger partial charge in [-0.15, -0.1) is 5.10 Å². The Hall–Kier alpha value is -3.26. The van der Waals surface area contributed by atoms with E-state index in [2.05, 4.69) is 51.9 Å². The smallest absolute Gasteiger partial charge is 0.338 e. The van der Waals surface area contributed by atoms with Crippen molar-refractivity contribution in [1.29, 1.82) is 0 Å². The van der Waals surface area contributed by atoms with Gasteiger partial charge in [-0.05, 0) is 55.9 Å². The minimum absolute atomic E-state index is 0.344. The maximum Gasteiger partial charge on any atom is 0.338 e. The Morgan fingerprint density at radius 1 is 1.11 bits per heavy atom. The molecule has 0 saturated heterocycles. The standard InChI is InChI=1S/C20H21N5O2S/c1-3-27-18(26)16-8-10-17(11-9-16)22-20(28)23-19-21-13-25(24-19)12-15-6-4-14(2)5-7-15/h4-11,13H,3,12H2,1-2H3,(H2,22,23,24,28). The lowest BCUT2D eigenvalue weighted by molar-refractivity contribution is 0.0526. The van der Waals surface area contributed by atoms with E-state index in [-0.39, 0.29) is 5.97 Å². The Bertz CT molecular complexity index is 951. The minimum atomic E-state index is -0.349. The third-order valence-corrected chi connectivity index (χ3v) is 4.09. The van der Waals surface area contributed by atoms with Crippen molar-refractivity contribution >= 4 is 34.9 Å². The highest BCUT2D eigenvalue weighted by molar-refractivity contribution is 7.80. The Labute approximate surface area is 168 Å². The van der Waals surface area contributed by atoms with Gasteiger partial charge in [0.1, 0.15) is 6.33 Å². The Kier molecular flexibility index (Phi) is 6.33. The number of aromatic nitrogens is 3. The minimum Gasteiger partial charge on any atom is -0.462 e. The number of carbonyl (C=O) groups excluding carboxylic acids is 1. The predicted molar refractivity (Wildman–Crippen MR) is 113 cm³/mol. The summed E-state index contributed by atoms with van der Waals surface area (Å²) in [6.45, 7) is 4.80. The lowest BCUT2D eigenvalue weighted by Gasteiger charge is -2.08. The van der Waals surface area contributed by atoms with Crippen molar-refractivity contribution in [3.63, 3.8) is 0 Å². The Morgan fingerprint density at radius 3 is 2.50 bits per heavy atom. The van der Waals surface area contributed by atoms with E-state index in [9.17, 15) is 4.79 Å². The van der Waals surface area contributed by atoms with Gasteiger partial charge in [0.15, 0.2) is 5.11 Å². The summed E-state index contributed by atoms with van der Waals surface area (Å²) in [5.74, 6) is 0.0609. The van der Waals surface area contributed by atoms with Gasteiger partial charge in [0.2, 0.25) is 5.95 Å². The summed E-state index contributed by atoms with van der Waals surface area (Å²) in [6, 6.07) is 15.1. The maximum absolute atomic E-state index is 11.7. The highest BCUT2D eigenvalue weighted by Gasteiger charge is 2.07. The molecule has 3 rings (SSSR count). The number of carbonyl (C=O) groups is 1. The first-order valence-corrected chi connectivity index (χ1v) is 9.24. The number of anilines is 2. The van der Waals surface area contributed by atoms with E-state index in [1.165, 1.54) is 5.56 Å². The second-order valence-electron chi connectivity index (χ2n) is 6.13. The van der Waals surface area contributed by atoms with Gasteiger partial charge in [0.05, 0.1) is 18.7 Å². The molecule has 0 aliphatic heterocycles. The molecule has 0 bridgehead atoms. The SMILES string of the molecule is CCOC(=O)c1ccc(NC(=S)Nc2ncn(Cc3ccc(C)cc3)n2)cc1. The van der Waals surface area contributed by atoms with Crippen LogP contribution in [0.5, 0.6) is 0 Å². The summed E-state index contributed by atoms with van der Waals surface area (Å²) >= 11 is 5.29. The summed E-state index contributed by atoms with van der Waals surface area (Å²) in [6.07, 6.45) is 1.65. The fourth-order valence-corrected chi connectivity index (χ4v) is 2.69. The van der Waals surface area contributed by atoms with Crippen LogP contribution in [0.2, 0.25) is 0 Å². The quantitative estimate of drug-likeness (QED) is 0.487. The molecule has 8 heteroatoms. The highest BCUT2D eigenvalue weighted by Crippen LogP contribution is 2.11. The van der Waals surface area contributed by atoms with Gasteiger partial charge in [-0.2, -0.15) is 0 Å². The molecule has 0 unspecified atom stereocenters. The number of rotatable bonds is 6. The normalized spacial score (nSPS) is 10.4. The van der Waals surface area contributed by atoms with E-state index >= 15 is 0 Å². The first kappa shape index (κ1) is 19.5. The molecular formula is C20H21N5O2S. The number of hydrogen-bond donors (Lipinski definition) is 2. The Balaban J connectivity index is 1.54. The Morgan fingerprint density at radius 2 is 1.82 bits per heavy atom. The average Bonchev–Trinajstić information content (AvgIpc) is 3.11. The monoisotopic (exact) mass is 395 g/mol. The summed E-state index contributed by atoms with van der Waals surface area (Å²) in [5, 5.41) is 10.7. The van der Waals surface area contributed by atoms with Crippen LogP contribution in [-0.2, 0) is 11.3 Å². The lowest BCUT2D eigenvalue weighted by Crippen LogP contribution is -2.20. The molecule has 0 fully saturated rings. The van der Waals surface area contributed by atoms with E-state index in [4.69, 9.17) is 17.0 Å². The molecule has 0 radical (unpaired) electrons. The van der Waals surface area contributed by atoms with E-state index in [1.807, 2.05) is 0 Å². The molecule has 28 heavy (non-hydrogen) atoms. The first-order chi connectivity index (χ1) is 13.5. The van der Waals surface area contributed by atoms with Crippen molar-refractivity contribution in [1.82, 2.24) is 14.8 Å². The largest absolute Gasteiger partial charge is 0.462 e. The van der Waals surface area contributed by atoms with Crippen molar-refractivity contribution in [2.45, 2.75) is 20.4 Å². The zero-order chi connectivity index (χ0) is 19.9. The molecule has 144 valence electrons. The molecule has 7 nitrogen and oxygen atoms in total. The summed E-state index contributed by atoms with van der Waals surface area (Å²) < 4.78 is 6.70. The van der Waals surface area contributed by atoms with Crippen molar-refractivity contribution in [2.24, 2.45) is 0 Å². The number of thiocarbonyl (C=S) groups is 1. The van der Waals surface area contributed by atoms with E-state index < -0.39 is 0 Å². The number of nitrogens with one attached hydrogen (secondary N) is 2. The van der Waals surface area contributed by atoms with Crippen LogP contribution in [0.1, 0.15) is 28.4 Å². The summed E-state index contributed by atoms with van der Waals surface area (Å²) in [7, 11) is 0. The number of hydrogen-bond acceptors (Lipinski definition) is 5. The van der Waals surface area contributed by atoms with Gasteiger partial charge in [0.25, 0.3) is 0 Å². The molecule has 0 saturated carbocycles. The van der Waals surface area contributed by atoms with E-state index in [0.29, 0.717) is 29.8 Å². The first-order valence-electron chi connectivity index (χ1n) is 8.83. The number of aryl methyl sites for hydroxylation is 1. The predicted octanol–water partition coefficient (Wildman–Crippen LogP) is 3.62. The number of benzene rings is 2. The van der Waals surface area contributed by atoms with Gasteiger partial charge in [-0.25, -0.2) is 14.5 Å². The van der Waals surface area contributed by atoms with Gasteiger partial charge in [-0.1, -0.05) is 29.8 Å². The maximum atomic E-state index is 11.7. The molecular weight excluding hydrogens is 374 g/mol. The van der Waals surface area contributed by atoms with E-state index in [0.717, 1.165) is 11.3 Å². The van der Waals surface area contributed by atoms with Crippen molar-refractivity contribution < 1.29 is 9.53 Å². The third kappa shape index (κ3) is 5.37. The van der Waals surface area contributed by atoms with Crippen LogP contribution >= 0.6 is 12.2 Å². The molecule has 0 amide bonds. The van der Waals surface area contributed by atoms with Crippen LogP contribution in [0.15, 0.2) is 54.9 Å². The van der Waals surface area contributed by atoms with Crippen LogP contribution < -0.4 is 10.6 Å². The molecule has 0 spiro atoms. The summed E-state index contributed by atoms with van der Waals surface area (Å²) in [5.41, 5.74) is 3.59. The van der Waals surface area contributed by atoms with Gasteiger partial charge in [0, 0.05) is 5.69 Å². The number of ether oxygens (including phenoxy) is 1. The van der Waals surface area contributed by atoms with Crippen LogP contribution in [0.3, 0.4) is 0 Å². The number of esters is 1. The van der Waals surface area contributed by atoms with E-state index in [1.54, 1.807) is 42.2 Å². The third-order valence-electron chi connectivity index (χ3n) is 3.88. The number of nitrogens with zero attached hydrogens (tertiary/aromatic N) is 3. The molecule has 1 aromatic heterocycles. The molecule has 0 aliphatic carbocycles. The fourth-order valence-electron chi connectivity index (χ4n) is 2.48.